The second kappa shape index (κ2) is 16.3. The maximum Gasteiger partial charge on any atom is 0.242 e. The number of ketones is 2. The van der Waals surface area contributed by atoms with Crippen molar-refractivity contribution in [3.63, 3.8) is 0 Å². The molecule has 9 rings (SSSR count). The molecule has 62 heavy (non-hydrogen) atoms. The van der Waals surface area contributed by atoms with Gasteiger partial charge in [0.1, 0.15) is 49.2 Å². The summed E-state index contributed by atoms with van der Waals surface area (Å²) in [5, 5.41) is 76.8. The van der Waals surface area contributed by atoms with Crippen molar-refractivity contribution in [3.05, 3.63) is 87.5 Å². The van der Waals surface area contributed by atoms with E-state index in [1.165, 1.54) is 24.3 Å². The lowest BCUT2D eigenvalue weighted by atomic mass is 9.62. The molecule has 11 N–H and O–H groups in total. The molecule has 0 aromatic heterocycles. The van der Waals surface area contributed by atoms with Gasteiger partial charge in [-0.15, -0.1) is 0 Å². The summed E-state index contributed by atoms with van der Waals surface area (Å²) in [6.07, 6.45) is -7.61. The number of nitrogens with two attached hydrogens (primary N) is 1. The molecule has 19 heteroatoms. The Morgan fingerprint density at radius 3 is 2.60 bits per heavy atom. The molecule has 3 saturated heterocycles. The van der Waals surface area contributed by atoms with Gasteiger partial charge in [-0.3, -0.25) is 30.8 Å². The number of aliphatic hydroxyl groups is 6. The van der Waals surface area contributed by atoms with Crippen LogP contribution in [-0.4, -0.2) is 142 Å². The Kier molecular flexibility index (Phi) is 11.2. The SMILES string of the molecule is NC1NC(=O)C2NCN(c3ccccc3C3CCOCC4OC(Oc5c3cc3c(c5OCC(O)CC=O)C(=O)c5cc(CO)ccc5C3=O)C3(O)C(CO)CCC4(O)C3O)C2N1. The fourth-order valence-corrected chi connectivity index (χ4v) is 10.0. The van der Waals surface area contributed by atoms with Gasteiger partial charge in [0.2, 0.25) is 12.2 Å². The summed E-state index contributed by atoms with van der Waals surface area (Å²) in [5.74, 6) is -4.05. The Hall–Kier alpha value is -4.90. The molecular formula is C43H49N5O14. The van der Waals surface area contributed by atoms with Crippen LogP contribution in [0.4, 0.5) is 5.69 Å². The summed E-state index contributed by atoms with van der Waals surface area (Å²) in [6, 6.07) is 12.5. The third-order valence-electron chi connectivity index (χ3n) is 13.3. The number of hydrogen-bond donors (Lipinski definition) is 10. The molecule has 2 aliphatic carbocycles. The molecule has 4 fully saturated rings. The van der Waals surface area contributed by atoms with Gasteiger partial charge >= 0.3 is 0 Å². The molecule has 330 valence electrons. The average Bonchev–Trinajstić information content (AvgIpc) is 3.68. The number of fused-ring (bicyclic) bond motifs is 10. The highest BCUT2D eigenvalue weighted by molar-refractivity contribution is 6.29. The van der Waals surface area contributed by atoms with Crippen molar-refractivity contribution in [1.82, 2.24) is 16.0 Å². The van der Waals surface area contributed by atoms with Crippen molar-refractivity contribution in [3.8, 4) is 11.5 Å². The van der Waals surface area contributed by atoms with Gasteiger partial charge in [0, 0.05) is 59.4 Å². The minimum atomic E-state index is -2.47. The molecule has 4 heterocycles. The van der Waals surface area contributed by atoms with E-state index in [0.717, 1.165) is 0 Å². The zero-order valence-electron chi connectivity index (χ0n) is 33.4. The Labute approximate surface area is 354 Å². The number of para-hydroxylation sites is 1. The maximum atomic E-state index is 14.8. The molecule has 3 aromatic rings. The van der Waals surface area contributed by atoms with Crippen LogP contribution in [0.15, 0.2) is 48.5 Å². The first-order chi connectivity index (χ1) is 29.8. The highest BCUT2D eigenvalue weighted by Crippen LogP contribution is 2.54. The first-order valence-corrected chi connectivity index (χ1v) is 20.7. The molecular weight excluding hydrogens is 810 g/mol. The maximum absolute atomic E-state index is 14.8. The summed E-state index contributed by atoms with van der Waals surface area (Å²) in [4.78, 5) is 55.9. The Bertz CT molecular complexity index is 2300. The number of rotatable bonds is 9. The van der Waals surface area contributed by atoms with E-state index in [-0.39, 0.29) is 90.8 Å². The summed E-state index contributed by atoms with van der Waals surface area (Å²) >= 11 is 0. The fraction of sp³-hybridized carbons (Fsp3) is 0.488. The predicted octanol–water partition coefficient (Wildman–Crippen LogP) is -1.81. The lowest BCUT2D eigenvalue weighted by molar-refractivity contribution is -0.382. The predicted molar refractivity (Wildman–Crippen MR) is 214 cm³/mol. The number of carbonyl (C=O) groups is 4. The van der Waals surface area contributed by atoms with E-state index in [1.807, 2.05) is 23.1 Å². The first-order valence-electron chi connectivity index (χ1n) is 20.7. The number of aliphatic hydroxyl groups excluding tert-OH is 4. The second-order valence-corrected chi connectivity index (χ2v) is 16.8. The number of aldehydes is 1. The van der Waals surface area contributed by atoms with Crippen LogP contribution in [0.3, 0.4) is 0 Å². The molecule has 0 spiro atoms. The highest BCUT2D eigenvalue weighted by atomic mass is 16.7. The van der Waals surface area contributed by atoms with Gasteiger partial charge in [0.25, 0.3) is 0 Å². The normalized spacial score (nSPS) is 33.1. The van der Waals surface area contributed by atoms with Crippen LogP contribution in [0.5, 0.6) is 11.5 Å². The van der Waals surface area contributed by atoms with Crippen molar-refractivity contribution in [2.24, 2.45) is 11.7 Å². The van der Waals surface area contributed by atoms with Gasteiger partial charge in [-0.1, -0.05) is 24.3 Å². The van der Waals surface area contributed by atoms with Crippen molar-refractivity contribution in [2.75, 3.05) is 38.0 Å². The van der Waals surface area contributed by atoms with Gasteiger partial charge in [-0.2, -0.15) is 0 Å². The van der Waals surface area contributed by atoms with Crippen molar-refractivity contribution in [1.29, 1.82) is 0 Å². The molecule has 3 aromatic carbocycles. The first kappa shape index (κ1) is 42.4. The van der Waals surface area contributed by atoms with Gasteiger partial charge in [-0.25, -0.2) is 0 Å². The van der Waals surface area contributed by atoms with Crippen LogP contribution < -0.4 is 36.1 Å². The fourth-order valence-electron chi connectivity index (χ4n) is 10.0. The quantitative estimate of drug-likeness (QED) is 0.0830. The standard InChI is InChI=1S/C43H49N5O14/c44-41-46-37-32(38(55)47-41)45-19-48(37)29-4-2-1-3-24(29)23-9-12-59-18-30-42(57)10-7-21(16-51)43(58,39(42)56)40(61-30)62-35-27(23)14-28-31(36(35)60-17-22(52)8-11-49)34(54)26-13-20(15-50)5-6-25(26)33(28)53/h1-6,11,13-14,21-23,30,32,37,39-41,45-46,50-52,56-58H,7-10,12,15-19,44H2,(H,47,55). The second-order valence-electron chi connectivity index (χ2n) is 16.8. The molecule has 19 nitrogen and oxygen atoms in total. The molecule has 11 unspecified atom stereocenters. The third-order valence-corrected chi connectivity index (χ3v) is 13.3. The molecule has 4 bridgehead atoms. The number of carbonyl (C=O) groups excluding carboxylic acids is 4. The molecule has 0 radical (unpaired) electrons. The van der Waals surface area contributed by atoms with Crippen LogP contribution in [0.1, 0.15) is 80.1 Å². The summed E-state index contributed by atoms with van der Waals surface area (Å²) < 4.78 is 25.7. The lowest BCUT2D eigenvalue weighted by Gasteiger charge is -2.59. The van der Waals surface area contributed by atoms with E-state index >= 15 is 0 Å². The van der Waals surface area contributed by atoms with Gasteiger partial charge < -0.3 is 64.6 Å². The van der Waals surface area contributed by atoms with E-state index in [0.29, 0.717) is 23.1 Å². The summed E-state index contributed by atoms with van der Waals surface area (Å²) in [7, 11) is 0. The van der Waals surface area contributed by atoms with Gasteiger partial charge in [0.15, 0.2) is 28.7 Å². The lowest BCUT2D eigenvalue weighted by Crippen LogP contribution is -2.78. The Morgan fingerprint density at radius 2 is 1.82 bits per heavy atom. The largest absolute Gasteiger partial charge is 0.486 e. The van der Waals surface area contributed by atoms with Gasteiger partial charge in [0.05, 0.1) is 31.5 Å². The van der Waals surface area contributed by atoms with Gasteiger partial charge in [-0.05, 0) is 54.7 Å². The summed E-state index contributed by atoms with van der Waals surface area (Å²) in [6.45, 7) is -1.69. The number of nitrogens with one attached hydrogen (secondary N) is 3. The zero-order valence-corrected chi connectivity index (χ0v) is 33.4. The molecule has 6 aliphatic rings. The number of amides is 1. The third kappa shape index (κ3) is 6.70. The van der Waals surface area contributed by atoms with E-state index in [1.54, 1.807) is 6.07 Å². The minimum Gasteiger partial charge on any atom is -0.486 e. The Morgan fingerprint density at radius 1 is 1.02 bits per heavy atom. The Balaban J connectivity index is 1.29. The molecule has 1 saturated carbocycles. The van der Waals surface area contributed by atoms with Crippen LogP contribution in [0, 0.1) is 5.92 Å². The van der Waals surface area contributed by atoms with Crippen LogP contribution in [0.25, 0.3) is 0 Å². The number of ether oxygens (including phenoxy) is 4. The van der Waals surface area contributed by atoms with Crippen molar-refractivity contribution < 1.29 is 68.8 Å². The molecule has 4 aliphatic heterocycles. The van der Waals surface area contributed by atoms with Crippen molar-refractivity contribution >= 4 is 29.4 Å². The van der Waals surface area contributed by atoms with Crippen LogP contribution >= 0.6 is 0 Å². The van der Waals surface area contributed by atoms with Crippen LogP contribution in [0.2, 0.25) is 0 Å². The monoisotopic (exact) mass is 859 g/mol. The topological polar surface area (TPSA) is 292 Å². The number of nitrogens with zero attached hydrogens (tertiary/aromatic N) is 1. The molecule has 1 amide bonds. The summed E-state index contributed by atoms with van der Waals surface area (Å²) in [5.41, 5.74) is 3.15. The minimum absolute atomic E-state index is 0.000516. The molecule has 11 atom stereocenters. The smallest absolute Gasteiger partial charge is 0.242 e. The van der Waals surface area contributed by atoms with E-state index in [2.05, 4.69) is 16.0 Å². The van der Waals surface area contributed by atoms with Crippen molar-refractivity contribution in [2.45, 2.75) is 92.5 Å². The average molecular weight is 860 g/mol. The van der Waals surface area contributed by atoms with E-state index < -0.39 is 97.5 Å². The van der Waals surface area contributed by atoms with E-state index in [9.17, 15) is 49.8 Å². The number of anilines is 1. The highest BCUT2D eigenvalue weighted by Gasteiger charge is 2.69. The zero-order chi connectivity index (χ0) is 43.7. The number of hydrogen-bond acceptors (Lipinski definition) is 18. The number of benzene rings is 3. The van der Waals surface area contributed by atoms with E-state index in [4.69, 9.17) is 24.7 Å². The van der Waals surface area contributed by atoms with Crippen LogP contribution in [-0.2, 0) is 25.7 Å².